The smallest absolute Gasteiger partial charge is 0.194 e. The van der Waals surface area contributed by atoms with E-state index >= 15 is 4.39 Å². The first-order chi connectivity index (χ1) is 18.1. The Morgan fingerprint density at radius 1 is 0.486 bits per heavy atom. The van der Waals surface area contributed by atoms with Crippen molar-refractivity contribution in [3.05, 3.63) is 161 Å². The summed E-state index contributed by atoms with van der Waals surface area (Å²) in [6, 6.07) is 40.3. The number of ketones is 2. The summed E-state index contributed by atoms with van der Waals surface area (Å²) in [5, 5.41) is 3.37. The molecule has 1 aliphatic rings. The van der Waals surface area contributed by atoms with Gasteiger partial charge in [-0.25, -0.2) is 4.39 Å². The van der Waals surface area contributed by atoms with Crippen LogP contribution < -0.4 is 15.9 Å². The van der Waals surface area contributed by atoms with Gasteiger partial charge < -0.3 is 0 Å². The third-order valence-electron chi connectivity index (χ3n) is 7.09. The summed E-state index contributed by atoms with van der Waals surface area (Å²) in [7, 11) is -2.38. The predicted octanol–water partition coefficient (Wildman–Crippen LogP) is 6.10. The van der Waals surface area contributed by atoms with E-state index in [1.165, 1.54) is 6.07 Å². The number of carbonyl (C=O) groups excluding carboxylic acids is 2. The van der Waals surface area contributed by atoms with Crippen LogP contribution in [0.15, 0.2) is 127 Å². The lowest BCUT2D eigenvalue weighted by Crippen LogP contribution is -2.33. The average Bonchev–Trinajstić information content (AvgIpc) is 2.96. The topological polar surface area (TPSA) is 34.1 Å². The van der Waals surface area contributed by atoms with Crippen molar-refractivity contribution in [1.82, 2.24) is 0 Å². The average molecular weight is 502 g/mol. The Labute approximate surface area is 215 Å². The van der Waals surface area contributed by atoms with Crippen molar-refractivity contribution in [2.45, 2.75) is 6.16 Å². The Hall–Kier alpha value is -4.20. The van der Waals surface area contributed by atoms with Gasteiger partial charge in [0.15, 0.2) is 11.6 Å². The van der Waals surface area contributed by atoms with Gasteiger partial charge in [0.2, 0.25) is 0 Å². The van der Waals surface area contributed by atoms with Crippen molar-refractivity contribution in [2.24, 2.45) is 0 Å². The molecule has 0 saturated heterocycles. The van der Waals surface area contributed by atoms with Gasteiger partial charge in [-0.05, 0) is 48.5 Å². The van der Waals surface area contributed by atoms with Gasteiger partial charge in [0.25, 0.3) is 0 Å². The first-order valence-electron chi connectivity index (χ1n) is 12.2. The fourth-order valence-corrected chi connectivity index (χ4v) is 9.55. The molecule has 0 saturated carbocycles. The number of halogens is 1. The molecule has 0 aliphatic heterocycles. The van der Waals surface area contributed by atoms with Crippen molar-refractivity contribution >= 4 is 34.7 Å². The molecular formula is C33H23FO2P+. The molecule has 2 nitrogen and oxygen atoms in total. The summed E-state index contributed by atoms with van der Waals surface area (Å²) in [4.78, 5) is 26.6. The van der Waals surface area contributed by atoms with Crippen LogP contribution >= 0.6 is 7.26 Å². The first kappa shape index (κ1) is 23.2. The minimum Gasteiger partial charge on any atom is -0.289 e. The normalized spacial score (nSPS) is 12.7. The lowest BCUT2D eigenvalue weighted by molar-refractivity contribution is 0.0978. The summed E-state index contributed by atoms with van der Waals surface area (Å²) in [6.45, 7) is 0. The maximum Gasteiger partial charge on any atom is 0.194 e. The molecule has 0 spiro atoms. The van der Waals surface area contributed by atoms with E-state index in [2.05, 4.69) is 36.4 Å². The fraction of sp³-hybridized carbons (Fsp3) is 0.0303. The van der Waals surface area contributed by atoms with Gasteiger partial charge in [0.1, 0.15) is 35.2 Å². The molecular weight excluding hydrogens is 478 g/mol. The summed E-state index contributed by atoms with van der Waals surface area (Å²) >= 11 is 0. The molecule has 5 aromatic rings. The highest BCUT2D eigenvalue weighted by Crippen LogP contribution is 2.58. The zero-order valence-corrected chi connectivity index (χ0v) is 20.9. The lowest BCUT2D eigenvalue weighted by atomic mass is 9.83. The second-order valence-electron chi connectivity index (χ2n) is 9.17. The monoisotopic (exact) mass is 501 g/mol. The lowest BCUT2D eigenvalue weighted by Gasteiger charge is -2.28. The van der Waals surface area contributed by atoms with Crippen LogP contribution in [0.1, 0.15) is 37.4 Å². The minimum absolute atomic E-state index is 0.132. The van der Waals surface area contributed by atoms with Crippen LogP contribution in [0.5, 0.6) is 0 Å². The van der Waals surface area contributed by atoms with Crippen molar-refractivity contribution in [2.75, 3.05) is 0 Å². The van der Waals surface area contributed by atoms with Crippen LogP contribution in [-0.2, 0) is 6.16 Å². The van der Waals surface area contributed by atoms with Crippen LogP contribution in [0, 0.1) is 5.82 Å². The summed E-state index contributed by atoms with van der Waals surface area (Å²) in [5.74, 6) is -1.02. The number of benzene rings is 5. The third kappa shape index (κ3) is 3.84. The zero-order valence-electron chi connectivity index (χ0n) is 20.0. The molecule has 37 heavy (non-hydrogen) atoms. The van der Waals surface area contributed by atoms with Crippen molar-refractivity contribution in [3.63, 3.8) is 0 Å². The van der Waals surface area contributed by atoms with Gasteiger partial charge >= 0.3 is 0 Å². The van der Waals surface area contributed by atoms with Crippen LogP contribution in [0.4, 0.5) is 4.39 Å². The molecule has 0 N–H and O–H groups in total. The van der Waals surface area contributed by atoms with Crippen LogP contribution in [0.25, 0.3) is 0 Å². The van der Waals surface area contributed by atoms with Crippen molar-refractivity contribution in [1.29, 1.82) is 0 Å². The molecule has 4 heteroatoms. The number of hydrogen-bond donors (Lipinski definition) is 0. The minimum atomic E-state index is -2.38. The SMILES string of the molecule is O=C1c2ccccc2C(=O)c2cc(C[P+](c3ccccc3)(c3ccccc3)c3ccccc3)c(F)cc21. The molecule has 0 unspecified atom stereocenters. The van der Waals surface area contributed by atoms with Gasteiger partial charge in [0, 0.05) is 27.8 Å². The Balaban J connectivity index is 1.58. The molecule has 0 bridgehead atoms. The molecule has 0 aromatic heterocycles. The van der Waals surface area contributed by atoms with E-state index in [-0.39, 0.29) is 22.7 Å². The van der Waals surface area contributed by atoms with E-state index in [1.54, 1.807) is 30.3 Å². The number of hydrogen-bond acceptors (Lipinski definition) is 2. The Bertz CT molecular complexity index is 1530. The maximum atomic E-state index is 15.9. The molecule has 6 rings (SSSR count). The third-order valence-corrected chi connectivity index (χ3v) is 11.4. The maximum absolute atomic E-state index is 15.9. The van der Waals surface area contributed by atoms with Crippen LogP contribution in [0.3, 0.4) is 0 Å². The highest BCUT2D eigenvalue weighted by molar-refractivity contribution is 7.95. The fourth-order valence-electron chi connectivity index (χ4n) is 5.31. The number of rotatable bonds is 5. The molecule has 5 aromatic carbocycles. The van der Waals surface area contributed by atoms with Gasteiger partial charge in [-0.15, -0.1) is 0 Å². The highest BCUT2D eigenvalue weighted by Gasteiger charge is 2.46. The van der Waals surface area contributed by atoms with Gasteiger partial charge in [-0.3, -0.25) is 9.59 Å². The predicted molar refractivity (Wildman–Crippen MR) is 149 cm³/mol. The molecule has 0 fully saturated rings. The van der Waals surface area contributed by atoms with E-state index in [1.807, 2.05) is 54.6 Å². The van der Waals surface area contributed by atoms with E-state index in [9.17, 15) is 9.59 Å². The van der Waals surface area contributed by atoms with Gasteiger partial charge in [-0.1, -0.05) is 78.9 Å². The van der Waals surface area contributed by atoms with E-state index in [4.69, 9.17) is 0 Å². The standard InChI is InChI=1S/C33H23FO2P/c34-31-21-30-29(32(35)27-18-10-11-19-28(27)33(30)36)20-23(31)22-37(24-12-4-1-5-13-24,25-14-6-2-7-15-25)26-16-8-3-9-17-26/h1-21H,22H2/q+1. The molecule has 0 radical (unpaired) electrons. The quantitative estimate of drug-likeness (QED) is 0.268. The summed E-state index contributed by atoms with van der Waals surface area (Å²) in [5.41, 5.74) is 1.53. The largest absolute Gasteiger partial charge is 0.289 e. The van der Waals surface area contributed by atoms with E-state index < -0.39 is 13.1 Å². The second-order valence-corrected chi connectivity index (χ2v) is 12.7. The van der Waals surface area contributed by atoms with E-state index in [0.717, 1.165) is 15.9 Å². The molecule has 0 heterocycles. The van der Waals surface area contributed by atoms with Crippen LogP contribution in [0.2, 0.25) is 0 Å². The molecule has 0 amide bonds. The molecule has 178 valence electrons. The highest BCUT2D eigenvalue weighted by atomic mass is 31.2. The van der Waals surface area contributed by atoms with Gasteiger partial charge in [-0.2, -0.15) is 0 Å². The second kappa shape index (κ2) is 9.35. The first-order valence-corrected chi connectivity index (χ1v) is 14.1. The van der Waals surface area contributed by atoms with Gasteiger partial charge in [0.05, 0.1) is 0 Å². The Morgan fingerprint density at radius 3 is 1.30 bits per heavy atom. The number of carbonyl (C=O) groups is 2. The summed E-state index contributed by atoms with van der Waals surface area (Å²) in [6.07, 6.45) is 0.382. The van der Waals surface area contributed by atoms with Crippen LogP contribution in [-0.4, -0.2) is 11.6 Å². The Morgan fingerprint density at radius 2 is 0.865 bits per heavy atom. The van der Waals surface area contributed by atoms with E-state index in [0.29, 0.717) is 22.9 Å². The van der Waals surface area contributed by atoms with Crippen molar-refractivity contribution < 1.29 is 14.0 Å². The Kier molecular flexibility index (Phi) is 5.87. The summed E-state index contributed by atoms with van der Waals surface area (Å²) < 4.78 is 15.9. The molecule has 0 atom stereocenters. The number of fused-ring (bicyclic) bond motifs is 2. The zero-order chi connectivity index (χ0) is 25.4. The van der Waals surface area contributed by atoms with Crippen molar-refractivity contribution in [3.8, 4) is 0 Å². The molecule has 1 aliphatic carbocycles.